The van der Waals surface area contributed by atoms with Gasteiger partial charge in [-0.25, -0.2) is 9.37 Å². The first kappa shape index (κ1) is 24.1. The van der Waals surface area contributed by atoms with Gasteiger partial charge in [0.1, 0.15) is 11.6 Å². The Balaban J connectivity index is 1.39. The second-order valence-electron chi connectivity index (χ2n) is 10.3. The molecule has 2 unspecified atom stereocenters. The molecule has 2 saturated heterocycles. The smallest absolute Gasteiger partial charge is 0.128 e. The molecule has 0 spiro atoms. The highest BCUT2D eigenvalue weighted by Crippen LogP contribution is 2.40. The highest BCUT2D eigenvalue weighted by atomic mass is 19.1. The lowest BCUT2D eigenvalue weighted by atomic mass is 9.95. The molecule has 0 aliphatic carbocycles. The summed E-state index contributed by atoms with van der Waals surface area (Å²) >= 11 is 0. The topological polar surface area (TPSA) is 34.6 Å². The van der Waals surface area contributed by atoms with Crippen LogP contribution in [-0.2, 0) is 6.42 Å². The van der Waals surface area contributed by atoms with Gasteiger partial charge in [0, 0.05) is 62.4 Å². The third-order valence-electron chi connectivity index (χ3n) is 8.05. The molecule has 3 aliphatic rings. The molecule has 188 valence electrons. The Kier molecular flexibility index (Phi) is 7.28. The summed E-state index contributed by atoms with van der Waals surface area (Å²) in [7, 11) is 0. The second-order valence-corrected chi connectivity index (χ2v) is 10.3. The molecule has 5 rings (SSSR count). The first-order chi connectivity index (χ1) is 17.1. The number of hydrogen-bond acceptors (Lipinski definition) is 5. The molecule has 6 heteroatoms. The minimum absolute atomic E-state index is 0.0243. The maximum absolute atomic E-state index is 14.8. The van der Waals surface area contributed by atoms with Crippen LogP contribution in [0.15, 0.2) is 36.5 Å². The van der Waals surface area contributed by atoms with Gasteiger partial charge in [-0.3, -0.25) is 4.90 Å². The fourth-order valence-electron chi connectivity index (χ4n) is 5.80. The number of pyridine rings is 1. The van der Waals surface area contributed by atoms with Crippen molar-refractivity contribution in [3.63, 3.8) is 0 Å². The number of rotatable bonds is 7. The first-order valence-corrected chi connectivity index (χ1v) is 13.6. The maximum Gasteiger partial charge on any atom is 0.128 e. The van der Waals surface area contributed by atoms with Gasteiger partial charge in [0.15, 0.2) is 0 Å². The minimum Gasteiger partial charge on any atom is -0.374 e. The van der Waals surface area contributed by atoms with Crippen molar-refractivity contribution in [1.29, 1.82) is 0 Å². The SMILES string of the molecule is CCCN1CCN(c2ccc(C3C=C(N4CCC(CC)C4)c4cc(F)c(CC)cc4N3)cn2)CC1. The Bertz CT molecular complexity index is 1040. The van der Waals surface area contributed by atoms with Crippen LogP contribution >= 0.6 is 0 Å². The van der Waals surface area contributed by atoms with Crippen molar-refractivity contribution in [1.82, 2.24) is 14.8 Å². The number of aromatic nitrogens is 1. The molecule has 5 nitrogen and oxygen atoms in total. The number of benzene rings is 1. The van der Waals surface area contributed by atoms with Gasteiger partial charge in [-0.05, 0) is 67.1 Å². The van der Waals surface area contributed by atoms with Crippen molar-refractivity contribution in [3.05, 3.63) is 59.0 Å². The van der Waals surface area contributed by atoms with Crippen molar-refractivity contribution in [2.45, 2.75) is 52.5 Å². The van der Waals surface area contributed by atoms with Crippen LogP contribution in [0.2, 0.25) is 0 Å². The van der Waals surface area contributed by atoms with E-state index in [2.05, 4.69) is 52.1 Å². The van der Waals surface area contributed by atoms with E-state index in [-0.39, 0.29) is 11.9 Å². The van der Waals surface area contributed by atoms with Gasteiger partial charge in [-0.15, -0.1) is 0 Å². The Morgan fingerprint density at radius 1 is 1.03 bits per heavy atom. The Labute approximate surface area is 210 Å². The largest absolute Gasteiger partial charge is 0.374 e. The summed E-state index contributed by atoms with van der Waals surface area (Å²) in [5.74, 6) is 1.67. The van der Waals surface area contributed by atoms with E-state index in [4.69, 9.17) is 4.98 Å². The molecule has 3 aliphatic heterocycles. The zero-order chi connectivity index (χ0) is 24.4. The number of anilines is 2. The molecule has 2 atom stereocenters. The predicted molar refractivity (Wildman–Crippen MR) is 143 cm³/mol. The second kappa shape index (κ2) is 10.6. The summed E-state index contributed by atoms with van der Waals surface area (Å²) < 4.78 is 14.8. The molecule has 2 fully saturated rings. The molecule has 4 heterocycles. The van der Waals surface area contributed by atoms with E-state index in [1.54, 1.807) is 6.07 Å². The summed E-state index contributed by atoms with van der Waals surface area (Å²) in [6.45, 7) is 14.1. The molecule has 0 amide bonds. The van der Waals surface area contributed by atoms with Crippen molar-refractivity contribution >= 4 is 17.2 Å². The van der Waals surface area contributed by atoms with Crippen molar-refractivity contribution < 1.29 is 4.39 Å². The van der Waals surface area contributed by atoms with Crippen LogP contribution in [0, 0.1) is 11.7 Å². The standard InChI is InChI=1S/C29H40FN5/c1-4-10-33-12-14-34(15-13-33)29-8-7-23(19-31-29)26-18-28(35-11-9-21(5-2)20-35)24-17-25(30)22(6-3)16-27(24)32-26/h7-8,16-19,21,26,32H,4-6,9-15,20H2,1-3H3. The van der Waals surface area contributed by atoms with Gasteiger partial charge < -0.3 is 15.1 Å². The minimum atomic E-state index is -0.103. The third kappa shape index (κ3) is 5.04. The normalized spacial score (nSPS) is 22.7. The van der Waals surface area contributed by atoms with Crippen molar-refractivity contribution in [2.24, 2.45) is 5.92 Å². The lowest BCUT2D eigenvalue weighted by molar-refractivity contribution is 0.258. The van der Waals surface area contributed by atoms with Gasteiger partial charge in [0.25, 0.3) is 0 Å². The molecule has 35 heavy (non-hydrogen) atoms. The van der Waals surface area contributed by atoms with E-state index in [0.29, 0.717) is 12.3 Å². The molecule has 0 saturated carbocycles. The van der Waals surface area contributed by atoms with Crippen molar-refractivity contribution in [3.8, 4) is 0 Å². The average Bonchev–Trinajstić information content (AvgIpc) is 3.38. The molecular weight excluding hydrogens is 437 g/mol. The highest BCUT2D eigenvalue weighted by molar-refractivity contribution is 5.80. The van der Waals surface area contributed by atoms with Crippen LogP contribution < -0.4 is 10.2 Å². The van der Waals surface area contributed by atoms with Gasteiger partial charge in [0.2, 0.25) is 0 Å². The number of likely N-dealkylation sites (tertiary alicyclic amines) is 1. The van der Waals surface area contributed by atoms with Crippen LogP contribution in [0.4, 0.5) is 15.9 Å². The van der Waals surface area contributed by atoms with Crippen LogP contribution in [-0.4, -0.2) is 60.6 Å². The first-order valence-electron chi connectivity index (χ1n) is 13.6. The Morgan fingerprint density at radius 3 is 2.51 bits per heavy atom. The summed E-state index contributed by atoms with van der Waals surface area (Å²) in [5, 5.41) is 3.68. The number of nitrogens with one attached hydrogen (secondary N) is 1. The molecular formula is C29H40FN5. The van der Waals surface area contributed by atoms with Gasteiger partial charge in [-0.2, -0.15) is 0 Å². The summed E-state index contributed by atoms with van der Waals surface area (Å²) in [6, 6.07) is 8.15. The van der Waals surface area contributed by atoms with E-state index in [1.807, 2.05) is 19.2 Å². The van der Waals surface area contributed by atoms with Gasteiger partial charge in [-0.1, -0.05) is 33.3 Å². The lowest BCUT2D eigenvalue weighted by Crippen LogP contribution is -2.46. The molecule has 1 N–H and O–H groups in total. The summed E-state index contributed by atoms with van der Waals surface area (Å²) in [6.07, 6.45) is 8.61. The van der Waals surface area contributed by atoms with Crippen LogP contribution in [0.3, 0.4) is 0 Å². The van der Waals surface area contributed by atoms with Crippen LogP contribution in [0.1, 0.15) is 62.8 Å². The van der Waals surface area contributed by atoms with E-state index in [1.165, 1.54) is 25.8 Å². The van der Waals surface area contributed by atoms with E-state index < -0.39 is 0 Å². The molecule has 0 radical (unpaired) electrons. The zero-order valence-electron chi connectivity index (χ0n) is 21.6. The fourth-order valence-corrected chi connectivity index (χ4v) is 5.80. The van der Waals surface area contributed by atoms with E-state index >= 15 is 0 Å². The van der Waals surface area contributed by atoms with Crippen LogP contribution in [0.5, 0.6) is 0 Å². The third-order valence-corrected chi connectivity index (χ3v) is 8.05. The fraction of sp³-hybridized carbons (Fsp3) is 0.552. The molecule has 2 aromatic rings. The molecule has 0 bridgehead atoms. The van der Waals surface area contributed by atoms with E-state index in [0.717, 1.165) is 73.2 Å². The van der Waals surface area contributed by atoms with Crippen molar-refractivity contribution in [2.75, 3.05) is 56.0 Å². The number of halogens is 1. The molecule has 1 aromatic heterocycles. The van der Waals surface area contributed by atoms with Gasteiger partial charge >= 0.3 is 0 Å². The molecule has 1 aromatic carbocycles. The Hall–Kier alpha value is -2.60. The number of hydrogen-bond donors (Lipinski definition) is 1. The summed E-state index contributed by atoms with van der Waals surface area (Å²) in [4.78, 5) is 12.3. The number of nitrogens with zero attached hydrogens (tertiary/aromatic N) is 4. The highest BCUT2D eigenvalue weighted by Gasteiger charge is 2.30. The van der Waals surface area contributed by atoms with Crippen LogP contribution in [0.25, 0.3) is 5.70 Å². The number of aryl methyl sites for hydroxylation is 1. The monoisotopic (exact) mass is 477 g/mol. The van der Waals surface area contributed by atoms with Gasteiger partial charge in [0.05, 0.1) is 6.04 Å². The number of piperazine rings is 1. The quantitative estimate of drug-likeness (QED) is 0.565. The lowest BCUT2D eigenvalue weighted by Gasteiger charge is -2.35. The Morgan fingerprint density at radius 2 is 1.86 bits per heavy atom. The zero-order valence-corrected chi connectivity index (χ0v) is 21.6. The predicted octanol–water partition coefficient (Wildman–Crippen LogP) is 5.55. The number of fused-ring (bicyclic) bond motifs is 1. The average molecular weight is 478 g/mol. The summed E-state index contributed by atoms with van der Waals surface area (Å²) in [5.41, 5.74) is 5.09. The van der Waals surface area contributed by atoms with E-state index in [9.17, 15) is 4.39 Å². The maximum atomic E-state index is 14.8.